The van der Waals surface area contributed by atoms with Crippen LogP contribution in [-0.2, 0) is 24.0 Å². The molecule has 0 bridgehead atoms. The average Bonchev–Trinajstić information content (AvgIpc) is 2.87. The van der Waals surface area contributed by atoms with E-state index >= 15 is 0 Å². The quantitative estimate of drug-likeness (QED) is 0.801. The molecule has 8 heteroatoms. The number of aryl methyl sites for hydroxylation is 1. The first-order valence-electron chi connectivity index (χ1n) is 9.64. The lowest BCUT2D eigenvalue weighted by Crippen LogP contribution is -2.51. The zero-order valence-electron chi connectivity index (χ0n) is 17.7. The molecular formula is C21H29NO6S. The SMILES string of the molecule is Cc1ccc(S(=O)(=O)C2=C[C@@H]3OC(C)(C)O[C@@H]3[C@H](NC(=O)OC(C)(C)C)C2)cc1. The number of carbonyl (C=O) groups is 1. The molecule has 0 unspecified atom stereocenters. The van der Waals surface area contributed by atoms with Crippen LogP contribution in [0.4, 0.5) is 4.79 Å². The van der Waals surface area contributed by atoms with Crippen LogP contribution in [0.3, 0.4) is 0 Å². The zero-order chi connectivity index (χ0) is 21.6. The summed E-state index contributed by atoms with van der Waals surface area (Å²) in [5, 5.41) is 2.78. The standard InChI is InChI=1S/C21H29NO6S/c1-13-7-9-14(10-8-13)29(24,25)15-11-16(22-19(23)28-20(2,3)4)18-17(12-15)26-21(5,6)27-18/h7-10,12,16-18H,11H2,1-6H3,(H,22,23)/t16-,17+,18-/m1/s1. The van der Waals surface area contributed by atoms with Gasteiger partial charge in [-0.1, -0.05) is 17.7 Å². The van der Waals surface area contributed by atoms with Crippen LogP contribution in [0.25, 0.3) is 0 Å². The van der Waals surface area contributed by atoms with Gasteiger partial charge in [-0.2, -0.15) is 0 Å². The minimum atomic E-state index is -3.73. The van der Waals surface area contributed by atoms with Crippen molar-refractivity contribution in [1.82, 2.24) is 5.32 Å². The lowest BCUT2D eigenvalue weighted by atomic mass is 9.96. The van der Waals surface area contributed by atoms with Gasteiger partial charge in [0.25, 0.3) is 0 Å². The van der Waals surface area contributed by atoms with Crippen molar-refractivity contribution in [1.29, 1.82) is 0 Å². The van der Waals surface area contributed by atoms with E-state index in [1.54, 1.807) is 65.0 Å². The minimum Gasteiger partial charge on any atom is -0.444 e. The van der Waals surface area contributed by atoms with Crippen LogP contribution in [0.1, 0.15) is 46.6 Å². The maximum absolute atomic E-state index is 13.2. The van der Waals surface area contributed by atoms with Gasteiger partial charge in [0.05, 0.1) is 15.8 Å². The number of fused-ring (bicyclic) bond motifs is 1. The van der Waals surface area contributed by atoms with E-state index in [1.807, 2.05) is 6.92 Å². The Morgan fingerprint density at radius 2 is 1.79 bits per heavy atom. The fraction of sp³-hybridized carbons (Fsp3) is 0.571. The topological polar surface area (TPSA) is 90.9 Å². The molecule has 0 spiro atoms. The van der Waals surface area contributed by atoms with Crippen LogP contribution in [0.15, 0.2) is 40.1 Å². The molecule has 1 aliphatic carbocycles. The summed E-state index contributed by atoms with van der Waals surface area (Å²) >= 11 is 0. The van der Waals surface area contributed by atoms with Gasteiger partial charge in [-0.25, -0.2) is 13.2 Å². The lowest BCUT2D eigenvalue weighted by molar-refractivity contribution is -0.145. The van der Waals surface area contributed by atoms with Crippen LogP contribution in [-0.4, -0.2) is 44.1 Å². The Kier molecular flexibility index (Phi) is 5.57. The average molecular weight is 424 g/mol. The maximum atomic E-state index is 13.2. The van der Waals surface area contributed by atoms with E-state index in [-0.39, 0.29) is 16.2 Å². The Bertz CT molecular complexity index is 911. The summed E-state index contributed by atoms with van der Waals surface area (Å²) in [7, 11) is -3.73. The normalized spacial score (nSPS) is 26.4. The maximum Gasteiger partial charge on any atom is 0.407 e. The van der Waals surface area contributed by atoms with Crippen LogP contribution < -0.4 is 5.32 Å². The second-order valence-electron chi connectivity index (χ2n) is 8.97. The highest BCUT2D eigenvalue weighted by molar-refractivity contribution is 7.95. The number of hydrogen-bond acceptors (Lipinski definition) is 6. The second-order valence-corrected chi connectivity index (χ2v) is 11.0. The largest absolute Gasteiger partial charge is 0.444 e. The molecule has 0 radical (unpaired) electrons. The number of alkyl carbamates (subject to hydrolysis) is 1. The Morgan fingerprint density at radius 1 is 1.17 bits per heavy atom. The Morgan fingerprint density at radius 3 is 2.38 bits per heavy atom. The van der Waals surface area contributed by atoms with E-state index in [1.165, 1.54) is 0 Å². The molecule has 1 saturated heterocycles. The molecule has 160 valence electrons. The van der Waals surface area contributed by atoms with Gasteiger partial charge < -0.3 is 19.5 Å². The molecule has 2 aliphatic rings. The highest BCUT2D eigenvalue weighted by Gasteiger charge is 2.49. The third-order valence-electron chi connectivity index (χ3n) is 4.71. The summed E-state index contributed by atoms with van der Waals surface area (Å²) in [6.07, 6.45) is -0.0234. The molecule has 1 aliphatic heterocycles. The third-order valence-corrected chi connectivity index (χ3v) is 6.60. The van der Waals surface area contributed by atoms with Gasteiger partial charge in [-0.15, -0.1) is 0 Å². The van der Waals surface area contributed by atoms with Crippen LogP contribution >= 0.6 is 0 Å². The van der Waals surface area contributed by atoms with E-state index in [9.17, 15) is 13.2 Å². The van der Waals surface area contributed by atoms with Crippen molar-refractivity contribution in [2.75, 3.05) is 0 Å². The number of carbonyl (C=O) groups excluding carboxylic acids is 1. The van der Waals surface area contributed by atoms with Gasteiger partial charge in [0.2, 0.25) is 9.84 Å². The van der Waals surface area contributed by atoms with Gasteiger partial charge in [0.15, 0.2) is 5.79 Å². The second kappa shape index (κ2) is 7.41. The van der Waals surface area contributed by atoms with Gasteiger partial charge in [0, 0.05) is 6.42 Å². The minimum absolute atomic E-state index is 0.0933. The first-order chi connectivity index (χ1) is 13.3. The molecule has 3 rings (SSSR count). The highest BCUT2D eigenvalue weighted by Crippen LogP contribution is 2.38. The smallest absolute Gasteiger partial charge is 0.407 e. The van der Waals surface area contributed by atoms with Gasteiger partial charge >= 0.3 is 6.09 Å². The first kappa shape index (κ1) is 21.8. The summed E-state index contributed by atoms with van der Waals surface area (Å²) in [6, 6.07) is 6.09. The molecule has 1 aromatic carbocycles. The molecule has 3 atom stereocenters. The van der Waals surface area contributed by atoms with Crippen molar-refractivity contribution in [3.63, 3.8) is 0 Å². The van der Waals surface area contributed by atoms with Crippen molar-refractivity contribution in [2.24, 2.45) is 0 Å². The van der Waals surface area contributed by atoms with Crippen LogP contribution in [0, 0.1) is 6.92 Å². The first-order valence-corrected chi connectivity index (χ1v) is 11.1. The van der Waals surface area contributed by atoms with Crippen LogP contribution in [0.2, 0.25) is 0 Å². The predicted octanol–water partition coefficient (Wildman–Crippen LogP) is 3.47. The summed E-state index contributed by atoms with van der Waals surface area (Å²) in [5.74, 6) is -0.886. The van der Waals surface area contributed by atoms with Crippen molar-refractivity contribution in [3.05, 3.63) is 40.8 Å². The van der Waals surface area contributed by atoms with Gasteiger partial charge in [-0.3, -0.25) is 0 Å². The summed E-state index contributed by atoms with van der Waals surface area (Å²) in [4.78, 5) is 12.8. The predicted molar refractivity (Wildman–Crippen MR) is 108 cm³/mol. The van der Waals surface area contributed by atoms with Crippen molar-refractivity contribution in [3.8, 4) is 0 Å². The Labute approximate surface area is 172 Å². The Hall–Kier alpha value is -1.90. The summed E-state index contributed by atoms with van der Waals surface area (Å²) in [5.41, 5.74) is 0.303. The van der Waals surface area contributed by atoms with Crippen molar-refractivity contribution in [2.45, 2.75) is 82.5 Å². The number of sulfone groups is 1. The summed E-state index contributed by atoms with van der Waals surface area (Å²) < 4.78 is 43.6. The molecule has 1 heterocycles. The van der Waals surface area contributed by atoms with E-state index < -0.39 is 45.6 Å². The van der Waals surface area contributed by atoms with Crippen molar-refractivity contribution < 1.29 is 27.4 Å². The molecule has 1 amide bonds. The van der Waals surface area contributed by atoms with E-state index in [0.717, 1.165) is 5.56 Å². The zero-order valence-corrected chi connectivity index (χ0v) is 18.5. The Balaban J connectivity index is 1.91. The number of hydrogen-bond donors (Lipinski definition) is 1. The number of rotatable bonds is 3. The van der Waals surface area contributed by atoms with E-state index in [4.69, 9.17) is 14.2 Å². The highest BCUT2D eigenvalue weighted by atomic mass is 32.2. The van der Waals surface area contributed by atoms with Gasteiger partial charge in [-0.05, 0) is 59.8 Å². The molecule has 29 heavy (non-hydrogen) atoms. The number of ether oxygens (including phenoxy) is 3. The molecular weight excluding hydrogens is 394 g/mol. The van der Waals surface area contributed by atoms with Gasteiger partial charge in [0.1, 0.15) is 17.8 Å². The molecule has 1 N–H and O–H groups in total. The molecule has 0 saturated carbocycles. The van der Waals surface area contributed by atoms with Crippen LogP contribution in [0.5, 0.6) is 0 Å². The third kappa shape index (κ3) is 4.99. The van der Waals surface area contributed by atoms with Crippen molar-refractivity contribution >= 4 is 15.9 Å². The number of benzene rings is 1. The fourth-order valence-corrected chi connectivity index (χ4v) is 5.01. The molecule has 1 fully saturated rings. The lowest BCUT2D eigenvalue weighted by Gasteiger charge is -2.32. The number of amides is 1. The monoisotopic (exact) mass is 423 g/mol. The van der Waals surface area contributed by atoms with E-state index in [2.05, 4.69) is 5.32 Å². The molecule has 1 aromatic rings. The summed E-state index contributed by atoms with van der Waals surface area (Å²) in [6.45, 7) is 10.7. The van der Waals surface area contributed by atoms with E-state index in [0.29, 0.717) is 0 Å². The fourth-order valence-electron chi connectivity index (χ4n) is 3.50. The number of nitrogens with one attached hydrogen (secondary N) is 1. The molecule has 0 aromatic heterocycles. The molecule has 7 nitrogen and oxygen atoms in total.